The second-order valence-electron chi connectivity index (χ2n) is 4.90. The Morgan fingerprint density at radius 3 is 2.79 bits per heavy atom. The standard InChI is InChI=1S/C15H17N3O/c1-10(2)18-13-6-5-11(9-16)8-12(13)17-15(18)14-4-3-7-19-14/h3-8,10H,9,16H2,1-2H3. The minimum Gasteiger partial charge on any atom is -0.461 e. The molecule has 0 radical (unpaired) electrons. The molecule has 2 aromatic heterocycles. The third-order valence-corrected chi connectivity index (χ3v) is 3.25. The summed E-state index contributed by atoms with van der Waals surface area (Å²) < 4.78 is 7.68. The molecule has 0 aliphatic rings. The van der Waals surface area contributed by atoms with Crippen LogP contribution in [-0.2, 0) is 6.54 Å². The van der Waals surface area contributed by atoms with Crippen molar-refractivity contribution in [2.24, 2.45) is 5.73 Å². The number of furan rings is 1. The Morgan fingerprint density at radius 1 is 1.32 bits per heavy atom. The Hall–Kier alpha value is -2.07. The molecule has 4 heteroatoms. The first-order chi connectivity index (χ1) is 9.20. The summed E-state index contributed by atoms with van der Waals surface area (Å²) in [4.78, 5) is 4.70. The molecule has 0 bridgehead atoms. The van der Waals surface area contributed by atoms with E-state index in [-0.39, 0.29) is 0 Å². The number of imidazole rings is 1. The highest BCUT2D eigenvalue weighted by molar-refractivity contribution is 5.80. The maximum atomic E-state index is 5.69. The number of nitrogens with zero attached hydrogens (tertiary/aromatic N) is 2. The van der Waals surface area contributed by atoms with Gasteiger partial charge in [-0.05, 0) is 43.7 Å². The Bertz CT molecular complexity index is 696. The van der Waals surface area contributed by atoms with Crippen molar-refractivity contribution in [3.05, 3.63) is 42.2 Å². The predicted molar refractivity (Wildman–Crippen MR) is 75.7 cm³/mol. The number of aromatic nitrogens is 2. The molecule has 0 saturated carbocycles. The van der Waals surface area contributed by atoms with Crippen LogP contribution in [0.2, 0.25) is 0 Å². The van der Waals surface area contributed by atoms with E-state index in [0.29, 0.717) is 12.6 Å². The van der Waals surface area contributed by atoms with Gasteiger partial charge in [0.15, 0.2) is 11.6 Å². The normalized spacial score (nSPS) is 11.6. The first kappa shape index (κ1) is 12.0. The fourth-order valence-corrected chi connectivity index (χ4v) is 2.37. The summed E-state index contributed by atoms with van der Waals surface area (Å²) in [6.45, 7) is 4.81. The van der Waals surface area contributed by atoms with Gasteiger partial charge < -0.3 is 14.7 Å². The van der Waals surface area contributed by atoms with E-state index in [2.05, 4.69) is 30.5 Å². The molecule has 0 aliphatic carbocycles. The van der Waals surface area contributed by atoms with Gasteiger partial charge in [0.05, 0.1) is 17.3 Å². The summed E-state index contributed by atoms with van der Waals surface area (Å²) in [6, 6.07) is 10.3. The first-order valence-electron chi connectivity index (χ1n) is 6.45. The highest BCUT2D eigenvalue weighted by atomic mass is 16.3. The van der Waals surface area contributed by atoms with Crippen molar-refractivity contribution < 1.29 is 4.42 Å². The average Bonchev–Trinajstić information content (AvgIpc) is 3.04. The van der Waals surface area contributed by atoms with Crippen molar-refractivity contribution in [2.45, 2.75) is 26.4 Å². The highest BCUT2D eigenvalue weighted by Crippen LogP contribution is 2.29. The molecule has 0 amide bonds. The van der Waals surface area contributed by atoms with Crippen molar-refractivity contribution in [1.82, 2.24) is 9.55 Å². The molecule has 0 unspecified atom stereocenters. The van der Waals surface area contributed by atoms with Crippen molar-refractivity contribution in [2.75, 3.05) is 0 Å². The molecule has 0 spiro atoms. The topological polar surface area (TPSA) is 57.0 Å². The van der Waals surface area contributed by atoms with Crippen molar-refractivity contribution in [3.63, 3.8) is 0 Å². The summed E-state index contributed by atoms with van der Waals surface area (Å²) >= 11 is 0. The van der Waals surface area contributed by atoms with Crippen LogP contribution < -0.4 is 5.73 Å². The molecule has 0 atom stereocenters. The van der Waals surface area contributed by atoms with Gasteiger partial charge in [-0.1, -0.05) is 6.07 Å². The van der Waals surface area contributed by atoms with E-state index < -0.39 is 0 Å². The summed E-state index contributed by atoms with van der Waals surface area (Å²) in [7, 11) is 0. The van der Waals surface area contributed by atoms with Gasteiger partial charge in [0.25, 0.3) is 0 Å². The quantitative estimate of drug-likeness (QED) is 0.781. The second-order valence-corrected chi connectivity index (χ2v) is 4.90. The van der Waals surface area contributed by atoms with E-state index in [1.807, 2.05) is 18.2 Å². The van der Waals surface area contributed by atoms with Crippen LogP contribution in [0.15, 0.2) is 41.0 Å². The highest BCUT2D eigenvalue weighted by Gasteiger charge is 2.16. The van der Waals surface area contributed by atoms with Gasteiger partial charge in [-0.2, -0.15) is 0 Å². The van der Waals surface area contributed by atoms with Crippen LogP contribution in [0.5, 0.6) is 0 Å². The number of hydrogen-bond donors (Lipinski definition) is 1. The van der Waals surface area contributed by atoms with Crippen LogP contribution in [0, 0.1) is 0 Å². The number of fused-ring (bicyclic) bond motifs is 1. The van der Waals surface area contributed by atoms with Gasteiger partial charge in [-0.15, -0.1) is 0 Å². The Kier molecular flexibility index (Phi) is 2.87. The van der Waals surface area contributed by atoms with Crippen LogP contribution in [-0.4, -0.2) is 9.55 Å². The minimum absolute atomic E-state index is 0.314. The molecule has 0 fully saturated rings. The van der Waals surface area contributed by atoms with Crippen molar-refractivity contribution in [1.29, 1.82) is 0 Å². The van der Waals surface area contributed by atoms with Gasteiger partial charge in [0.2, 0.25) is 0 Å². The fourth-order valence-electron chi connectivity index (χ4n) is 2.37. The number of rotatable bonds is 3. The van der Waals surface area contributed by atoms with E-state index in [9.17, 15) is 0 Å². The van der Waals surface area contributed by atoms with Gasteiger partial charge in [-0.3, -0.25) is 0 Å². The third-order valence-electron chi connectivity index (χ3n) is 3.25. The second kappa shape index (κ2) is 4.55. The molecular formula is C15H17N3O. The number of hydrogen-bond acceptors (Lipinski definition) is 3. The minimum atomic E-state index is 0.314. The first-order valence-corrected chi connectivity index (χ1v) is 6.45. The molecule has 3 aromatic rings. The molecule has 0 saturated heterocycles. The summed E-state index contributed by atoms with van der Waals surface area (Å²) in [5.41, 5.74) is 8.85. The lowest BCUT2D eigenvalue weighted by atomic mass is 10.2. The molecular weight excluding hydrogens is 238 g/mol. The predicted octanol–water partition coefficient (Wildman–Crippen LogP) is 3.34. The molecule has 0 aliphatic heterocycles. The largest absolute Gasteiger partial charge is 0.461 e. The van der Waals surface area contributed by atoms with Crippen molar-refractivity contribution >= 4 is 11.0 Å². The number of nitrogens with two attached hydrogens (primary N) is 1. The van der Waals surface area contributed by atoms with Crippen LogP contribution >= 0.6 is 0 Å². The zero-order chi connectivity index (χ0) is 13.4. The van der Waals surface area contributed by atoms with Crippen LogP contribution in [0.4, 0.5) is 0 Å². The Morgan fingerprint density at radius 2 is 2.16 bits per heavy atom. The van der Waals surface area contributed by atoms with Crippen molar-refractivity contribution in [3.8, 4) is 11.6 Å². The molecule has 2 heterocycles. The van der Waals surface area contributed by atoms with Gasteiger partial charge in [-0.25, -0.2) is 4.98 Å². The molecule has 4 nitrogen and oxygen atoms in total. The van der Waals surface area contributed by atoms with Gasteiger partial charge in [0.1, 0.15) is 0 Å². The molecule has 19 heavy (non-hydrogen) atoms. The fraction of sp³-hybridized carbons (Fsp3) is 0.267. The Balaban J connectivity index is 2.29. The molecule has 1 aromatic carbocycles. The van der Waals surface area contributed by atoms with E-state index >= 15 is 0 Å². The summed E-state index contributed by atoms with van der Waals surface area (Å²) in [6.07, 6.45) is 1.67. The Labute approximate surface area is 111 Å². The maximum Gasteiger partial charge on any atom is 0.177 e. The zero-order valence-corrected chi connectivity index (χ0v) is 11.1. The molecule has 2 N–H and O–H groups in total. The van der Waals surface area contributed by atoms with Gasteiger partial charge in [0, 0.05) is 12.6 Å². The number of benzene rings is 1. The SMILES string of the molecule is CC(C)n1c(-c2ccco2)nc2cc(CN)ccc21. The lowest BCUT2D eigenvalue weighted by molar-refractivity contribution is 0.557. The lowest BCUT2D eigenvalue weighted by Gasteiger charge is -2.11. The third kappa shape index (κ3) is 1.94. The summed E-state index contributed by atoms with van der Waals surface area (Å²) in [5, 5.41) is 0. The van der Waals surface area contributed by atoms with Gasteiger partial charge >= 0.3 is 0 Å². The molecule has 3 rings (SSSR count). The van der Waals surface area contributed by atoms with Crippen LogP contribution in [0.3, 0.4) is 0 Å². The van der Waals surface area contributed by atoms with E-state index in [0.717, 1.165) is 28.2 Å². The van der Waals surface area contributed by atoms with Crippen LogP contribution in [0.1, 0.15) is 25.5 Å². The van der Waals surface area contributed by atoms with E-state index in [1.165, 1.54) is 0 Å². The average molecular weight is 255 g/mol. The van der Waals surface area contributed by atoms with E-state index in [1.54, 1.807) is 6.26 Å². The summed E-state index contributed by atoms with van der Waals surface area (Å²) in [5.74, 6) is 1.66. The van der Waals surface area contributed by atoms with E-state index in [4.69, 9.17) is 15.1 Å². The zero-order valence-electron chi connectivity index (χ0n) is 11.1. The maximum absolute atomic E-state index is 5.69. The van der Waals surface area contributed by atoms with Crippen LogP contribution in [0.25, 0.3) is 22.6 Å². The lowest BCUT2D eigenvalue weighted by Crippen LogP contribution is -2.02. The monoisotopic (exact) mass is 255 g/mol. The smallest absolute Gasteiger partial charge is 0.177 e. The molecule has 98 valence electrons.